The minimum atomic E-state index is -2.39. The van der Waals surface area contributed by atoms with Crippen LogP contribution in [0.15, 0.2) is 71.7 Å². The van der Waals surface area contributed by atoms with Crippen LogP contribution in [0.1, 0.15) is 40.4 Å². The van der Waals surface area contributed by atoms with Crippen molar-refractivity contribution in [2.75, 3.05) is 25.1 Å². The molecule has 0 radical (unpaired) electrons. The first-order valence-corrected chi connectivity index (χ1v) is 18.2. The Morgan fingerprint density at radius 2 is 1.77 bits per heavy atom. The number of ether oxygens (including phenoxy) is 1. The molecule has 1 saturated heterocycles. The summed E-state index contributed by atoms with van der Waals surface area (Å²) < 4.78 is 5.55. The van der Waals surface area contributed by atoms with Crippen LogP contribution in [0.2, 0.25) is 18.1 Å². The lowest BCUT2D eigenvalue weighted by molar-refractivity contribution is -0.121. The molecule has 232 valence electrons. The number of methoxy groups -OCH3 is 1. The molecule has 0 aromatic heterocycles. The molecule has 5 rings (SSSR count). The molecule has 2 heterocycles. The van der Waals surface area contributed by atoms with E-state index in [1.165, 1.54) is 0 Å². The van der Waals surface area contributed by atoms with Gasteiger partial charge in [0.2, 0.25) is 5.91 Å². The normalized spacial score (nSPS) is 19.4. The first-order chi connectivity index (χ1) is 21.0. The van der Waals surface area contributed by atoms with Gasteiger partial charge in [-0.3, -0.25) is 14.6 Å². The molecule has 2 unspecified atom stereocenters. The Morgan fingerprint density at radius 1 is 1.05 bits per heavy atom. The van der Waals surface area contributed by atoms with Gasteiger partial charge in [-0.1, -0.05) is 41.9 Å². The summed E-state index contributed by atoms with van der Waals surface area (Å²) in [5.41, 5.74) is 11.5. The third-order valence-electron chi connectivity index (χ3n) is 7.68. The van der Waals surface area contributed by atoms with Crippen LogP contribution in [0.5, 0.6) is 5.75 Å². The van der Waals surface area contributed by atoms with Crippen LogP contribution in [-0.2, 0) is 10.8 Å². The van der Waals surface area contributed by atoms with Crippen molar-refractivity contribution in [3.05, 3.63) is 94.0 Å². The predicted octanol–water partition coefficient (Wildman–Crippen LogP) is 3.37. The number of rotatable bonds is 10. The maximum atomic E-state index is 13.3. The summed E-state index contributed by atoms with van der Waals surface area (Å²) >= 11 is 6.20. The van der Waals surface area contributed by atoms with Gasteiger partial charge in [-0.05, 0) is 68.0 Å². The first-order valence-electron chi connectivity index (χ1n) is 14.7. The zero-order chi connectivity index (χ0) is 31.4. The highest BCUT2D eigenvalue weighted by Gasteiger charge is 2.40. The molecule has 0 bridgehead atoms. The number of carbonyl (C=O) groups excluding carboxylic acids is 2. The van der Waals surface area contributed by atoms with Crippen LogP contribution in [0.25, 0.3) is 0 Å². The van der Waals surface area contributed by atoms with E-state index in [1.807, 2.05) is 73.8 Å². The molecule has 2 amide bonds. The van der Waals surface area contributed by atoms with Crippen LogP contribution in [0.3, 0.4) is 0 Å². The summed E-state index contributed by atoms with van der Waals surface area (Å²) in [4.78, 5) is 43.9. The standard InChI is InChI=1S/C32H39ClN6O4Si/c1-20-37-38-31-27(18-29(40)34-15-16-35-32(41)25-8-6-5-7-22(25)19-44(3,4)42)36-30(21-9-11-23(33)12-10-21)26-17-24(43-2)13-14-28(26)39(20)31/h5-14,17,20,27,31,37-38,42H,15-16,18-19H2,1-4H3,(H,34,40)(H,35,41)/t20?,27-,31?/m0/s1. The summed E-state index contributed by atoms with van der Waals surface area (Å²) in [6.07, 6.45) is -0.226. The Hall–Kier alpha value is -3.74. The number of nitrogens with zero attached hydrogens (tertiary/aromatic N) is 2. The van der Waals surface area contributed by atoms with Crippen LogP contribution >= 0.6 is 11.6 Å². The van der Waals surface area contributed by atoms with E-state index in [-0.39, 0.29) is 43.7 Å². The van der Waals surface area contributed by atoms with E-state index in [0.717, 1.165) is 28.1 Å². The Morgan fingerprint density at radius 3 is 2.50 bits per heavy atom. The molecule has 1 fully saturated rings. The Kier molecular flexibility index (Phi) is 9.71. The molecule has 3 aromatic rings. The molecule has 0 aliphatic carbocycles. The van der Waals surface area contributed by atoms with Crippen molar-refractivity contribution in [1.82, 2.24) is 21.5 Å². The van der Waals surface area contributed by atoms with Gasteiger partial charge in [0.25, 0.3) is 5.91 Å². The number of fused-ring (bicyclic) bond motifs is 3. The van der Waals surface area contributed by atoms with Crippen molar-refractivity contribution in [2.24, 2.45) is 4.99 Å². The smallest absolute Gasteiger partial charge is 0.251 e. The lowest BCUT2D eigenvalue weighted by atomic mass is 9.99. The van der Waals surface area contributed by atoms with E-state index < -0.39 is 14.4 Å². The maximum absolute atomic E-state index is 13.3. The molecule has 5 N–H and O–H groups in total. The molecule has 3 atom stereocenters. The molecule has 3 aromatic carbocycles. The number of carbonyl (C=O) groups is 2. The molecule has 2 aliphatic heterocycles. The van der Waals surface area contributed by atoms with Crippen molar-refractivity contribution < 1.29 is 19.1 Å². The SMILES string of the molecule is COc1ccc2c(c1)C(c1ccc(Cl)cc1)=N[C@@H](CC(=O)NCCNC(=O)c1ccccc1C[Si](C)(C)O)C1NNC(C)N21. The first kappa shape index (κ1) is 31.7. The highest BCUT2D eigenvalue weighted by Crippen LogP contribution is 2.36. The fourth-order valence-corrected chi connectivity index (χ4v) is 7.05. The molecule has 0 saturated carbocycles. The number of hydrogen-bond donors (Lipinski definition) is 5. The van der Waals surface area contributed by atoms with Gasteiger partial charge in [-0.25, -0.2) is 10.9 Å². The second-order valence-electron chi connectivity index (χ2n) is 11.7. The average molecular weight is 635 g/mol. The number of hydrogen-bond acceptors (Lipinski definition) is 8. The number of benzene rings is 3. The van der Waals surface area contributed by atoms with Gasteiger partial charge in [0.05, 0.1) is 31.4 Å². The Labute approximate surface area is 264 Å². The van der Waals surface area contributed by atoms with Gasteiger partial charge >= 0.3 is 0 Å². The lowest BCUT2D eigenvalue weighted by Crippen LogP contribution is -2.48. The predicted molar refractivity (Wildman–Crippen MR) is 176 cm³/mol. The van der Waals surface area contributed by atoms with E-state index in [9.17, 15) is 14.4 Å². The fraction of sp³-hybridized carbons (Fsp3) is 0.344. The number of amides is 2. The molecule has 10 nitrogen and oxygen atoms in total. The maximum Gasteiger partial charge on any atom is 0.251 e. The van der Waals surface area contributed by atoms with Gasteiger partial charge in [-0.15, -0.1) is 0 Å². The van der Waals surface area contributed by atoms with Crippen molar-refractivity contribution in [1.29, 1.82) is 0 Å². The van der Waals surface area contributed by atoms with E-state index in [1.54, 1.807) is 13.2 Å². The molecule has 2 aliphatic rings. The zero-order valence-electron chi connectivity index (χ0n) is 25.4. The summed E-state index contributed by atoms with van der Waals surface area (Å²) in [5, 5.41) is 6.46. The van der Waals surface area contributed by atoms with Gasteiger partial charge < -0.3 is 25.1 Å². The fourth-order valence-electron chi connectivity index (χ4n) is 5.68. The third kappa shape index (κ3) is 7.31. The monoisotopic (exact) mass is 634 g/mol. The number of anilines is 1. The highest BCUT2D eigenvalue weighted by atomic mass is 35.5. The van der Waals surface area contributed by atoms with E-state index in [0.29, 0.717) is 22.4 Å². The molecule has 12 heteroatoms. The second-order valence-corrected chi connectivity index (χ2v) is 16.1. The Bertz CT molecular complexity index is 1540. The lowest BCUT2D eigenvalue weighted by Gasteiger charge is -2.31. The number of aliphatic imine (C=N–C) groups is 1. The molecule has 44 heavy (non-hydrogen) atoms. The minimum Gasteiger partial charge on any atom is -0.497 e. The second kappa shape index (κ2) is 13.5. The van der Waals surface area contributed by atoms with Gasteiger partial charge in [0.1, 0.15) is 11.9 Å². The Balaban J connectivity index is 1.31. The van der Waals surface area contributed by atoms with E-state index in [4.69, 9.17) is 21.3 Å². The quantitative estimate of drug-likeness (QED) is 0.171. The van der Waals surface area contributed by atoms with E-state index >= 15 is 0 Å². The average Bonchev–Trinajstić information content (AvgIpc) is 3.31. The largest absolute Gasteiger partial charge is 0.497 e. The van der Waals surface area contributed by atoms with Gasteiger partial charge in [-0.2, -0.15) is 0 Å². The summed E-state index contributed by atoms with van der Waals surface area (Å²) in [5.74, 6) is 0.299. The van der Waals surface area contributed by atoms with Crippen molar-refractivity contribution in [2.45, 2.75) is 50.9 Å². The number of hydrazine groups is 1. The summed E-state index contributed by atoms with van der Waals surface area (Å²) in [6.45, 7) is 6.28. The van der Waals surface area contributed by atoms with Gasteiger partial charge in [0.15, 0.2) is 8.32 Å². The topological polar surface area (TPSA) is 127 Å². The third-order valence-corrected chi connectivity index (χ3v) is 9.18. The summed E-state index contributed by atoms with van der Waals surface area (Å²) in [7, 11) is -0.762. The van der Waals surface area contributed by atoms with Crippen molar-refractivity contribution in [3.63, 3.8) is 0 Å². The molecular weight excluding hydrogens is 596 g/mol. The van der Waals surface area contributed by atoms with E-state index in [2.05, 4.69) is 33.3 Å². The van der Waals surface area contributed by atoms with Crippen molar-refractivity contribution >= 4 is 43.1 Å². The van der Waals surface area contributed by atoms with Crippen LogP contribution < -0.4 is 31.1 Å². The van der Waals surface area contributed by atoms with Crippen LogP contribution in [0, 0.1) is 0 Å². The van der Waals surface area contributed by atoms with Gasteiger partial charge in [0, 0.05) is 40.5 Å². The minimum absolute atomic E-state index is 0.0605. The van der Waals surface area contributed by atoms with Crippen LogP contribution in [0.4, 0.5) is 5.69 Å². The zero-order valence-corrected chi connectivity index (χ0v) is 27.1. The van der Waals surface area contributed by atoms with Crippen molar-refractivity contribution in [3.8, 4) is 5.75 Å². The molecular formula is C32H39ClN6O4Si. The number of nitrogens with one attached hydrogen (secondary N) is 4. The summed E-state index contributed by atoms with van der Waals surface area (Å²) in [6, 6.07) is 20.8. The number of halogens is 1. The van der Waals surface area contributed by atoms with Crippen LogP contribution in [-0.4, -0.2) is 69.2 Å². The molecule has 0 spiro atoms. The highest BCUT2D eigenvalue weighted by molar-refractivity contribution is 6.69.